The number of Topliss-reactive ketones (excluding diaryl/α,β-unsaturated/α-hetero) is 1. The Morgan fingerprint density at radius 3 is 2.00 bits per heavy atom. The monoisotopic (exact) mass is 504 g/mol. The fourth-order valence-corrected chi connectivity index (χ4v) is 9.62. The third kappa shape index (κ3) is 4.24. The number of ketones is 1. The van der Waals surface area contributed by atoms with Crippen molar-refractivity contribution in [3.05, 3.63) is 77.1 Å². The van der Waals surface area contributed by atoms with E-state index in [4.69, 9.17) is 3.63 Å². The summed E-state index contributed by atoms with van der Waals surface area (Å²) < 4.78 is 99.5. The summed E-state index contributed by atoms with van der Waals surface area (Å²) in [5.41, 5.74) is 0.323. The number of carbonyl (C=O) groups excluding carboxylic acids is 1. The Bertz CT molecular complexity index is 1330. The summed E-state index contributed by atoms with van der Waals surface area (Å²) in [5, 5.41) is 1.42. The summed E-state index contributed by atoms with van der Waals surface area (Å²) in [4.78, 5) is 11.1. The van der Waals surface area contributed by atoms with E-state index in [1.54, 1.807) is 42.5 Å². The Hall–Kier alpha value is -2.50. The van der Waals surface area contributed by atoms with Crippen LogP contribution in [0.4, 0.5) is 22.0 Å². The first-order chi connectivity index (χ1) is 15.6. The lowest BCUT2D eigenvalue weighted by molar-refractivity contribution is 0.102. The summed E-state index contributed by atoms with van der Waals surface area (Å²) >= 11 is 0. The van der Waals surface area contributed by atoms with Crippen molar-refractivity contribution in [2.24, 2.45) is 0 Å². The van der Waals surface area contributed by atoms with E-state index in [2.05, 4.69) is 0 Å². The van der Waals surface area contributed by atoms with Crippen LogP contribution in [0.25, 0.3) is 10.8 Å². The summed E-state index contributed by atoms with van der Waals surface area (Å²) in [5.74, 6) is -12.8. The molecule has 0 bridgehead atoms. The molecule has 3 aromatic rings. The second-order valence-electron chi connectivity index (χ2n) is 7.60. The molecule has 0 amide bonds. The number of benzene rings is 3. The molecule has 1 saturated heterocycles. The van der Waals surface area contributed by atoms with E-state index < -0.39 is 60.2 Å². The van der Waals surface area contributed by atoms with Gasteiger partial charge in [-0.15, -0.1) is 10.3 Å². The summed E-state index contributed by atoms with van der Waals surface area (Å²) in [6.45, 7) is 0. The van der Waals surface area contributed by atoms with Gasteiger partial charge in [0.1, 0.15) is 0 Å². The van der Waals surface area contributed by atoms with Gasteiger partial charge >= 0.3 is 10.1 Å². The molecule has 33 heavy (non-hydrogen) atoms. The Kier molecular flexibility index (Phi) is 6.23. The lowest BCUT2D eigenvalue weighted by atomic mass is 10.0. The van der Waals surface area contributed by atoms with Gasteiger partial charge in [-0.2, -0.15) is 8.42 Å². The first-order valence-corrected chi connectivity index (χ1v) is 13.3. The molecule has 3 aromatic carbocycles. The second kappa shape index (κ2) is 8.69. The molecule has 0 radical (unpaired) electrons. The number of halogens is 5. The smallest absolute Gasteiger partial charge is 0.293 e. The first kappa shape index (κ1) is 23.7. The lowest BCUT2D eigenvalue weighted by Crippen LogP contribution is -2.23. The van der Waals surface area contributed by atoms with Gasteiger partial charge in [0.2, 0.25) is 5.82 Å². The SMILES string of the molecule is O=C(CS1(OS(=O)(=O)c2c(F)c(F)c(F)c(F)c2F)CCCC1)c1cccc2ccccc12. The molecule has 1 aliphatic heterocycles. The van der Waals surface area contributed by atoms with Gasteiger partial charge in [0.05, 0.1) is 5.75 Å². The molecule has 11 heteroatoms. The largest absolute Gasteiger partial charge is 0.312 e. The minimum absolute atomic E-state index is 0.137. The topological polar surface area (TPSA) is 60.4 Å². The predicted molar refractivity (Wildman–Crippen MR) is 114 cm³/mol. The third-order valence-corrected chi connectivity index (χ3v) is 11.0. The van der Waals surface area contributed by atoms with Crippen molar-refractivity contribution < 1.29 is 38.8 Å². The molecular weight excluding hydrogens is 487 g/mol. The highest BCUT2D eigenvalue weighted by atomic mass is 32.3. The van der Waals surface area contributed by atoms with Gasteiger partial charge < -0.3 is 0 Å². The van der Waals surface area contributed by atoms with Crippen molar-refractivity contribution in [2.75, 3.05) is 17.3 Å². The molecule has 0 unspecified atom stereocenters. The summed E-state index contributed by atoms with van der Waals surface area (Å²) in [6, 6.07) is 12.1. The Morgan fingerprint density at radius 2 is 1.36 bits per heavy atom. The van der Waals surface area contributed by atoms with Crippen LogP contribution in [0.3, 0.4) is 0 Å². The molecule has 0 saturated carbocycles. The average Bonchev–Trinajstić information content (AvgIpc) is 3.22. The van der Waals surface area contributed by atoms with Crippen molar-refractivity contribution in [2.45, 2.75) is 17.7 Å². The highest BCUT2D eigenvalue weighted by Gasteiger charge is 2.42. The van der Waals surface area contributed by atoms with E-state index in [-0.39, 0.29) is 17.3 Å². The van der Waals surface area contributed by atoms with Gasteiger partial charge in [-0.05, 0) is 23.6 Å². The van der Waals surface area contributed by atoms with Crippen molar-refractivity contribution in [1.82, 2.24) is 0 Å². The summed E-state index contributed by atoms with van der Waals surface area (Å²) in [6.07, 6.45) is 0.982. The van der Waals surface area contributed by atoms with Crippen LogP contribution in [0.15, 0.2) is 47.4 Å². The third-order valence-electron chi connectivity index (χ3n) is 5.42. The van der Waals surface area contributed by atoms with E-state index >= 15 is 0 Å². The van der Waals surface area contributed by atoms with Gasteiger partial charge in [-0.25, -0.2) is 25.6 Å². The molecule has 0 aromatic heterocycles. The Balaban J connectivity index is 1.72. The van der Waals surface area contributed by atoms with E-state index in [1.807, 2.05) is 0 Å². The molecule has 0 spiro atoms. The molecule has 176 valence electrons. The zero-order valence-electron chi connectivity index (χ0n) is 16.9. The molecule has 1 fully saturated rings. The van der Waals surface area contributed by atoms with E-state index in [9.17, 15) is 35.2 Å². The van der Waals surface area contributed by atoms with E-state index in [0.29, 0.717) is 23.8 Å². The number of carbonyl (C=O) groups is 1. The van der Waals surface area contributed by atoms with Crippen LogP contribution in [-0.2, 0) is 13.7 Å². The fraction of sp³-hybridized carbons (Fsp3) is 0.227. The van der Waals surface area contributed by atoms with Gasteiger partial charge in [-0.1, -0.05) is 42.5 Å². The number of hydrogen-bond acceptors (Lipinski definition) is 4. The van der Waals surface area contributed by atoms with Crippen molar-refractivity contribution >= 4 is 37.0 Å². The van der Waals surface area contributed by atoms with Crippen molar-refractivity contribution in [1.29, 1.82) is 0 Å². The maximum absolute atomic E-state index is 14.2. The minimum atomic E-state index is -5.41. The van der Waals surface area contributed by atoms with Gasteiger partial charge in [0.25, 0.3) is 0 Å². The van der Waals surface area contributed by atoms with Crippen LogP contribution in [0, 0.1) is 29.1 Å². The number of rotatable bonds is 6. The molecule has 0 atom stereocenters. The minimum Gasteiger partial charge on any atom is -0.293 e. The van der Waals surface area contributed by atoms with Crippen LogP contribution in [0.5, 0.6) is 0 Å². The maximum Gasteiger partial charge on any atom is 0.312 e. The van der Waals surface area contributed by atoms with Gasteiger partial charge in [0.15, 0.2) is 33.9 Å². The summed E-state index contributed by atoms with van der Waals surface area (Å²) in [7, 11) is -8.17. The van der Waals surface area contributed by atoms with Crippen LogP contribution in [0.1, 0.15) is 23.2 Å². The predicted octanol–water partition coefficient (Wildman–Crippen LogP) is 5.64. The molecule has 0 aliphatic carbocycles. The molecule has 1 heterocycles. The van der Waals surface area contributed by atoms with Crippen LogP contribution >= 0.6 is 10.3 Å². The first-order valence-electron chi connectivity index (χ1n) is 9.81. The van der Waals surface area contributed by atoms with Crippen LogP contribution in [-0.4, -0.2) is 31.5 Å². The lowest BCUT2D eigenvalue weighted by Gasteiger charge is -2.33. The standard InChI is InChI=1S/C22H17F5O4S2/c23-17-18(24)20(26)22(21(27)19(17)25)33(29,30)31-32(10-3-4-11-32)12-16(28)15-9-5-7-13-6-1-2-8-14(13)15/h1-2,5-9H,3-4,10-12H2. The van der Waals surface area contributed by atoms with Gasteiger partial charge in [0, 0.05) is 17.1 Å². The van der Waals surface area contributed by atoms with Crippen molar-refractivity contribution in [3.63, 3.8) is 0 Å². The average molecular weight is 504 g/mol. The molecule has 4 rings (SSSR count). The maximum atomic E-state index is 14.2. The Morgan fingerprint density at radius 1 is 0.818 bits per heavy atom. The van der Waals surface area contributed by atoms with E-state index in [0.717, 1.165) is 5.39 Å². The normalized spacial score (nSPS) is 16.8. The zero-order chi connectivity index (χ0) is 24.0. The Labute approximate surface area is 188 Å². The van der Waals surface area contributed by atoms with Crippen LogP contribution < -0.4 is 0 Å². The second-order valence-corrected chi connectivity index (χ2v) is 12.5. The number of hydrogen-bond donors (Lipinski definition) is 0. The molecule has 4 nitrogen and oxygen atoms in total. The highest BCUT2D eigenvalue weighted by molar-refractivity contribution is 8.33. The zero-order valence-corrected chi connectivity index (χ0v) is 18.5. The fourth-order valence-electron chi connectivity index (χ4n) is 3.88. The molecule has 0 N–H and O–H groups in total. The van der Waals surface area contributed by atoms with Gasteiger partial charge in [-0.3, -0.25) is 4.79 Å². The van der Waals surface area contributed by atoms with Crippen molar-refractivity contribution in [3.8, 4) is 0 Å². The molecule has 1 aliphatic rings. The van der Waals surface area contributed by atoms with E-state index in [1.165, 1.54) is 0 Å². The number of fused-ring (bicyclic) bond motifs is 1. The quantitative estimate of drug-likeness (QED) is 0.189. The highest BCUT2D eigenvalue weighted by Crippen LogP contribution is 2.57. The molecular formula is C22H17F5O4S2. The van der Waals surface area contributed by atoms with Crippen LogP contribution in [0.2, 0.25) is 0 Å².